The molecule has 0 aromatic heterocycles. The molecule has 2 rings (SSSR count). The molecule has 1 aliphatic rings. The van der Waals surface area contributed by atoms with E-state index in [0.29, 0.717) is 25.3 Å². The van der Waals surface area contributed by atoms with Crippen LogP contribution in [0.5, 0.6) is 5.75 Å². The van der Waals surface area contributed by atoms with Crippen LogP contribution < -0.4 is 15.4 Å². The van der Waals surface area contributed by atoms with Crippen molar-refractivity contribution in [2.45, 2.75) is 31.6 Å². The van der Waals surface area contributed by atoms with E-state index in [4.69, 9.17) is 9.47 Å². The molecule has 1 fully saturated rings. The van der Waals surface area contributed by atoms with Crippen molar-refractivity contribution in [2.75, 3.05) is 19.7 Å². The number of amides is 1. The molecular weight excluding hydrogens is 324 g/mol. The maximum absolute atomic E-state index is 11.5. The Morgan fingerprint density at radius 1 is 1.40 bits per heavy atom. The second kappa shape index (κ2) is 9.19. The number of β-amino-alcohol motifs (C(OH)–C–C–N with tert-alkyl or cyclic N) is 1. The first-order chi connectivity index (χ1) is 12.0. The second-order valence-corrected chi connectivity index (χ2v) is 5.89. The van der Waals surface area contributed by atoms with Gasteiger partial charge in [-0.05, 0) is 24.1 Å². The molecular formula is C18H24N2O5. The number of nitrogens with one attached hydrogen (secondary N) is 2. The highest BCUT2D eigenvalue weighted by atomic mass is 16.6. The number of aliphatic hydroxyl groups excluding tert-OH is 1. The molecule has 7 heteroatoms. The van der Waals surface area contributed by atoms with E-state index in [0.717, 1.165) is 5.56 Å². The lowest BCUT2D eigenvalue weighted by Gasteiger charge is -2.21. The summed E-state index contributed by atoms with van der Waals surface area (Å²) in [7, 11) is 0. The fraction of sp³-hybridized carbons (Fsp3) is 0.444. The third kappa shape index (κ3) is 5.88. The Bertz CT molecular complexity index is 602. The zero-order chi connectivity index (χ0) is 18.2. The van der Waals surface area contributed by atoms with Crippen molar-refractivity contribution >= 4 is 11.9 Å². The van der Waals surface area contributed by atoms with E-state index in [-0.39, 0.29) is 18.6 Å². The number of rotatable bonds is 8. The predicted molar refractivity (Wildman–Crippen MR) is 92.2 cm³/mol. The molecule has 1 saturated heterocycles. The van der Waals surface area contributed by atoms with Crippen molar-refractivity contribution < 1.29 is 24.2 Å². The molecule has 3 atom stereocenters. The van der Waals surface area contributed by atoms with Gasteiger partial charge in [-0.15, -0.1) is 6.58 Å². The highest BCUT2D eigenvalue weighted by molar-refractivity contribution is 5.77. The summed E-state index contributed by atoms with van der Waals surface area (Å²) in [6, 6.07) is 7.18. The monoisotopic (exact) mass is 348 g/mol. The Balaban J connectivity index is 1.86. The van der Waals surface area contributed by atoms with Gasteiger partial charge in [0.15, 0.2) is 6.61 Å². The summed E-state index contributed by atoms with van der Waals surface area (Å²) < 4.78 is 10.6. The van der Waals surface area contributed by atoms with Crippen LogP contribution >= 0.6 is 0 Å². The van der Waals surface area contributed by atoms with Crippen molar-refractivity contribution in [1.82, 2.24) is 10.6 Å². The number of hydrogen-bond donors (Lipinski definition) is 3. The van der Waals surface area contributed by atoms with Crippen LogP contribution in [0.15, 0.2) is 36.9 Å². The summed E-state index contributed by atoms with van der Waals surface area (Å²) in [5.74, 6) is -0.0259. The van der Waals surface area contributed by atoms with Gasteiger partial charge >= 0.3 is 5.97 Å². The summed E-state index contributed by atoms with van der Waals surface area (Å²) in [4.78, 5) is 22.6. The van der Waals surface area contributed by atoms with Crippen molar-refractivity contribution in [1.29, 1.82) is 0 Å². The van der Waals surface area contributed by atoms with Crippen molar-refractivity contribution in [3.8, 4) is 5.75 Å². The minimum atomic E-state index is -0.703. The van der Waals surface area contributed by atoms with E-state index >= 15 is 0 Å². The second-order valence-electron chi connectivity index (χ2n) is 5.89. The fourth-order valence-corrected chi connectivity index (χ4v) is 2.67. The molecule has 1 aromatic carbocycles. The fourth-order valence-electron chi connectivity index (χ4n) is 2.67. The minimum Gasteiger partial charge on any atom is -0.484 e. The van der Waals surface area contributed by atoms with E-state index in [1.807, 2.05) is 12.1 Å². The largest absolute Gasteiger partial charge is 0.484 e. The van der Waals surface area contributed by atoms with E-state index in [9.17, 15) is 14.7 Å². The average Bonchev–Trinajstić information content (AvgIpc) is 2.92. The van der Waals surface area contributed by atoms with Gasteiger partial charge in [0.2, 0.25) is 0 Å². The predicted octanol–water partition coefficient (Wildman–Crippen LogP) is 0.175. The van der Waals surface area contributed by atoms with Crippen LogP contribution in [0.1, 0.15) is 12.5 Å². The van der Waals surface area contributed by atoms with Crippen molar-refractivity contribution in [2.24, 2.45) is 0 Å². The molecule has 1 aromatic rings. The summed E-state index contributed by atoms with van der Waals surface area (Å²) >= 11 is 0. The van der Waals surface area contributed by atoms with E-state index in [1.165, 1.54) is 6.92 Å². The molecule has 0 bridgehead atoms. The first-order valence-corrected chi connectivity index (χ1v) is 8.17. The van der Waals surface area contributed by atoms with Crippen LogP contribution in [0.2, 0.25) is 0 Å². The zero-order valence-corrected chi connectivity index (χ0v) is 14.2. The van der Waals surface area contributed by atoms with Gasteiger partial charge in [-0.25, -0.2) is 0 Å². The summed E-state index contributed by atoms with van der Waals surface area (Å²) in [6.45, 7) is 5.60. The quantitative estimate of drug-likeness (QED) is 0.458. The molecule has 3 N–H and O–H groups in total. The highest BCUT2D eigenvalue weighted by Gasteiger charge is 2.37. The molecule has 0 aliphatic carbocycles. The van der Waals surface area contributed by atoms with E-state index in [2.05, 4.69) is 17.2 Å². The van der Waals surface area contributed by atoms with Gasteiger partial charge in [-0.2, -0.15) is 0 Å². The Hall–Kier alpha value is -2.38. The molecule has 1 aliphatic heterocycles. The number of ether oxygens (including phenoxy) is 2. The Morgan fingerprint density at radius 2 is 2.12 bits per heavy atom. The molecule has 25 heavy (non-hydrogen) atoms. The number of benzene rings is 1. The minimum absolute atomic E-state index is 0.0575. The van der Waals surface area contributed by atoms with Crippen LogP contribution in [0.4, 0.5) is 0 Å². The third-order valence-electron chi connectivity index (χ3n) is 3.86. The number of hydrogen-bond acceptors (Lipinski definition) is 6. The zero-order valence-electron chi connectivity index (χ0n) is 14.2. The number of carbonyl (C=O) groups excluding carboxylic acids is 2. The topological polar surface area (TPSA) is 96.9 Å². The summed E-state index contributed by atoms with van der Waals surface area (Å²) in [5, 5.41) is 15.7. The van der Waals surface area contributed by atoms with Gasteiger partial charge in [-0.3, -0.25) is 9.59 Å². The van der Waals surface area contributed by atoms with E-state index in [1.54, 1.807) is 18.2 Å². The van der Waals surface area contributed by atoms with Crippen LogP contribution in [0, 0.1) is 0 Å². The lowest BCUT2D eigenvalue weighted by atomic mass is 10.0. The van der Waals surface area contributed by atoms with Crippen LogP contribution in [-0.2, 0) is 20.7 Å². The Kier molecular flexibility index (Phi) is 6.97. The SMILES string of the molecule is C=CCNC(=O)COc1ccc(C[C@H]2NC[C@H](O)[C@H]2OC(C)=O)cc1. The molecule has 0 unspecified atom stereocenters. The molecule has 1 amide bonds. The molecule has 0 radical (unpaired) electrons. The summed E-state index contributed by atoms with van der Waals surface area (Å²) in [6.07, 6.45) is 0.950. The average molecular weight is 348 g/mol. The molecule has 0 spiro atoms. The van der Waals surface area contributed by atoms with Gasteiger partial charge < -0.3 is 25.2 Å². The summed E-state index contributed by atoms with van der Waals surface area (Å²) in [5.41, 5.74) is 1.01. The number of esters is 1. The van der Waals surface area contributed by atoms with Gasteiger partial charge in [0, 0.05) is 20.0 Å². The van der Waals surface area contributed by atoms with Crippen LogP contribution in [0.25, 0.3) is 0 Å². The normalized spacial score (nSPS) is 22.2. The van der Waals surface area contributed by atoms with Crippen LogP contribution in [-0.4, -0.2) is 54.9 Å². The lowest BCUT2D eigenvalue weighted by Crippen LogP contribution is -2.38. The van der Waals surface area contributed by atoms with Crippen LogP contribution in [0.3, 0.4) is 0 Å². The van der Waals surface area contributed by atoms with Gasteiger partial charge in [0.05, 0.1) is 6.04 Å². The first-order valence-electron chi connectivity index (χ1n) is 8.17. The van der Waals surface area contributed by atoms with Gasteiger partial charge in [0.1, 0.15) is 18.0 Å². The molecule has 7 nitrogen and oxygen atoms in total. The maximum atomic E-state index is 11.5. The smallest absolute Gasteiger partial charge is 0.303 e. The van der Waals surface area contributed by atoms with Crippen molar-refractivity contribution in [3.63, 3.8) is 0 Å². The molecule has 1 heterocycles. The van der Waals surface area contributed by atoms with Gasteiger partial charge in [0.25, 0.3) is 5.91 Å². The standard InChI is InChI=1S/C18H24N2O5/c1-3-8-19-17(23)11-24-14-6-4-13(5-7-14)9-15-18(25-12(2)21)16(22)10-20-15/h3-7,15-16,18,20,22H,1,8-11H2,2H3,(H,19,23)/t15-,16+,18+/m1/s1. The van der Waals surface area contributed by atoms with E-state index < -0.39 is 18.2 Å². The Morgan fingerprint density at radius 3 is 2.76 bits per heavy atom. The number of carbonyl (C=O) groups is 2. The molecule has 136 valence electrons. The highest BCUT2D eigenvalue weighted by Crippen LogP contribution is 2.19. The maximum Gasteiger partial charge on any atom is 0.303 e. The lowest BCUT2D eigenvalue weighted by molar-refractivity contribution is -0.151. The van der Waals surface area contributed by atoms with Crippen molar-refractivity contribution in [3.05, 3.63) is 42.5 Å². The third-order valence-corrected chi connectivity index (χ3v) is 3.86. The first kappa shape index (κ1) is 19.0. The Labute approximate surface area is 147 Å². The molecule has 0 saturated carbocycles. The van der Waals surface area contributed by atoms with Gasteiger partial charge in [-0.1, -0.05) is 18.2 Å². The number of aliphatic hydroxyl groups is 1.